The molecule has 0 amide bonds. The molecule has 0 saturated heterocycles. The molecule has 0 fully saturated rings. The third kappa shape index (κ3) is 1.23. The van der Waals surface area contributed by atoms with Crippen molar-refractivity contribution in [2.45, 2.75) is 6.42 Å². The van der Waals surface area contributed by atoms with Crippen LogP contribution in [0.2, 0.25) is 0 Å². The number of anilines is 1. The second-order valence-electron chi connectivity index (χ2n) is 2.96. The van der Waals surface area contributed by atoms with Crippen LogP contribution >= 0.6 is 15.9 Å². The van der Waals surface area contributed by atoms with Crippen LogP contribution in [0.4, 0.5) is 5.69 Å². The van der Waals surface area contributed by atoms with Gasteiger partial charge in [0.15, 0.2) is 0 Å². The third-order valence-corrected chi connectivity index (χ3v) is 2.79. The van der Waals surface area contributed by atoms with E-state index in [1.54, 1.807) is 0 Å². The first-order valence-electron chi connectivity index (χ1n) is 4.03. The zero-order valence-corrected chi connectivity index (χ0v) is 8.56. The molecule has 0 unspecified atom stereocenters. The van der Waals surface area contributed by atoms with Gasteiger partial charge in [0.2, 0.25) is 0 Å². The zero-order chi connectivity index (χ0) is 8.55. The largest absolute Gasteiger partial charge is 0.310 e. The molecule has 1 aromatic carbocycles. The van der Waals surface area contributed by atoms with E-state index < -0.39 is 0 Å². The lowest BCUT2D eigenvalue weighted by Gasteiger charge is -2.29. The van der Waals surface area contributed by atoms with Gasteiger partial charge in [-0.25, -0.2) is 5.43 Å². The van der Waals surface area contributed by atoms with E-state index >= 15 is 0 Å². The minimum absolute atomic E-state index is 1.03. The number of hydrazine groups is 1. The fourth-order valence-electron chi connectivity index (χ4n) is 1.57. The summed E-state index contributed by atoms with van der Waals surface area (Å²) in [6.45, 7) is 1.03. The van der Waals surface area contributed by atoms with Gasteiger partial charge in [0.25, 0.3) is 0 Å². The number of halogens is 1. The van der Waals surface area contributed by atoms with E-state index in [9.17, 15) is 0 Å². The van der Waals surface area contributed by atoms with Gasteiger partial charge < -0.3 is 5.01 Å². The van der Waals surface area contributed by atoms with Crippen molar-refractivity contribution in [1.29, 1.82) is 0 Å². The summed E-state index contributed by atoms with van der Waals surface area (Å²) in [4.78, 5) is 0. The summed E-state index contributed by atoms with van der Waals surface area (Å²) in [6, 6.07) is 6.34. The van der Waals surface area contributed by atoms with Crippen molar-refractivity contribution in [3.05, 3.63) is 28.2 Å². The smallest absolute Gasteiger partial charge is 0.0690 e. The Morgan fingerprint density at radius 3 is 3.08 bits per heavy atom. The van der Waals surface area contributed by atoms with E-state index in [1.807, 2.05) is 7.05 Å². The predicted molar refractivity (Wildman–Crippen MR) is 54.3 cm³/mol. The maximum Gasteiger partial charge on any atom is 0.0690 e. The van der Waals surface area contributed by atoms with Crippen LogP contribution in [-0.4, -0.2) is 13.6 Å². The highest BCUT2D eigenvalue weighted by atomic mass is 79.9. The quantitative estimate of drug-likeness (QED) is 0.728. The molecule has 0 radical (unpaired) electrons. The zero-order valence-electron chi connectivity index (χ0n) is 6.97. The number of nitrogens with zero attached hydrogens (tertiary/aromatic N) is 1. The Hall–Kier alpha value is -0.540. The van der Waals surface area contributed by atoms with E-state index in [4.69, 9.17) is 0 Å². The van der Waals surface area contributed by atoms with Crippen LogP contribution in [0.3, 0.4) is 0 Å². The van der Waals surface area contributed by atoms with Crippen LogP contribution in [0, 0.1) is 0 Å². The Labute approximate surface area is 80.7 Å². The number of rotatable bonds is 0. The number of fused-ring (bicyclic) bond motifs is 1. The van der Waals surface area contributed by atoms with Crippen LogP contribution in [0.1, 0.15) is 5.56 Å². The van der Waals surface area contributed by atoms with Crippen LogP contribution in [0.25, 0.3) is 0 Å². The van der Waals surface area contributed by atoms with Crippen molar-refractivity contribution in [2.75, 3.05) is 18.6 Å². The summed E-state index contributed by atoms with van der Waals surface area (Å²) in [5.41, 5.74) is 5.96. The fraction of sp³-hybridized carbons (Fsp3) is 0.333. The van der Waals surface area contributed by atoms with Crippen LogP contribution < -0.4 is 10.4 Å². The standard InChI is InChI=1S/C9H11BrN2/c1-12-9-7(5-6-11-12)3-2-4-8(9)10/h2-4,11H,5-6H2,1H3. The van der Waals surface area contributed by atoms with Crippen molar-refractivity contribution in [1.82, 2.24) is 5.43 Å². The predicted octanol–water partition coefficient (Wildman–Crippen LogP) is 1.95. The van der Waals surface area contributed by atoms with Gasteiger partial charge in [-0.2, -0.15) is 0 Å². The number of para-hydroxylation sites is 1. The third-order valence-electron chi connectivity index (χ3n) is 2.15. The van der Waals surface area contributed by atoms with Gasteiger partial charge >= 0.3 is 0 Å². The summed E-state index contributed by atoms with van der Waals surface area (Å²) in [5.74, 6) is 0. The van der Waals surface area contributed by atoms with Crippen molar-refractivity contribution in [3.8, 4) is 0 Å². The molecule has 2 nitrogen and oxygen atoms in total. The fourth-order valence-corrected chi connectivity index (χ4v) is 2.25. The van der Waals surface area contributed by atoms with Crippen molar-refractivity contribution in [2.24, 2.45) is 0 Å². The number of nitrogens with one attached hydrogen (secondary N) is 1. The highest BCUT2D eigenvalue weighted by Crippen LogP contribution is 2.30. The van der Waals surface area contributed by atoms with Crippen molar-refractivity contribution < 1.29 is 0 Å². The normalized spacial score (nSPS) is 16.0. The van der Waals surface area contributed by atoms with Crippen LogP contribution in [0.15, 0.2) is 22.7 Å². The molecular formula is C9H11BrN2. The van der Waals surface area contributed by atoms with E-state index in [0.717, 1.165) is 17.4 Å². The average molecular weight is 227 g/mol. The average Bonchev–Trinajstić information content (AvgIpc) is 2.04. The van der Waals surface area contributed by atoms with Gasteiger partial charge in [-0.15, -0.1) is 0 Å². The maximum atomic E-state index is 3.54. The Bertz CT molecular complexity index is 299. The molecule has 1 aliphatic rings. The van der Waals surface area contributed by atoms with E-state index in [0.29, 0.717) is 0 Å². The molecule has 0 bridgehead atoms. The summed E-state index contributed by atoms with van der Waals surface area (Å²) in [6.07, 6.45) is 1.11. The maximum absolute atomic E-state index is 3.54. The molecule has 1 aliphatic heterocycles. The second kappa shape index (κ2) is 3.07. The Balaban J connectivity index is 2.53. The highest BCUT2D eigenvalue weighted by molar-refractivity contribution is 9.10. The summed E-state index contributed by atoms with van der Waals surface area (Å²) in [7, 11) is 2.04. The first kappa shape index (κ1) is 8.08. The van der Waals surface area contributed by atoms with Crippen LogP contribution in [-0.2, 0) is 6.42 Å². The van der Waals surface area contributed by atoms with Crippen molar-refractivity contribution in [3.63, 3.8) is 0 Å². The minimum atomic E-state index is 1.03. The Morgan fingerprint density at radius 1 is 1.50 bits per heavy atom. The van der Waals surface area contributed by atoms with Gasteiger partial charge in [-0.1, -0.05) is 12.1 Å². The lowest BCUT2D eigenvalue weighted by molar-refractivity contribution is 0.639. The van der Waals surface area contributed by atoms with Gasteiger partial charge in [0, 0.05) is 18.1 Å². The SMILES string of the molecule is CN1NCCc2cccc(Br)c21. The van der Waals surface area contributed by atoms with E-state index in [1.165, 1.54) is 11.3 Å². The molecule has 0 spiro atoms. The monoisotopic (exact) mass is 226 g/mol. The Morgan fingerprint density at radius 2 is 2.33 bits per heavy atom. The Kier molecular flexibility index (Phi) is 2.07. The second-order valence-corrected chi connectivity index (χ2v) is 3.82. The molecule has 0 saturated carbocycles. The van der Waals surface area contributed by atoms with Gasteiger partial charge in [-0.05, 0) is 34.0 Å². The van der Waals surface area contributed by atoms with Crippen LogP contribution in [0.5, 0.6) is 0 Å². The summed E-state index contributed by atoms with van der Waals surface area (Å²) in [5, 5.41) is 2.07. The number of hydrogen-bond donors (Lipinski definition) is 1. The minimum Gasteiger partial charge on any atom is -0.310 e. The van der Waals surface area contributed by atoms with Gasteiger partial charge in [-0.3, -0.25) is 0 Å². The molecule has 3 heteroatoms. The van der Waals surface area contributed by atoms with E-state index in [-0.39, 0.29) is 0 Å². The van der Waals surface area contributed by atoms with E-state index in [2.05, 4.69) is 44.6 Å². The molecule has 64 valence electrons. The number of hydrogen-bond acceptors (Lipinski definition) is 2. The lowest BCUT2D eigenvalue weighted by atomic mass is 10.1. The molecular weight excluding hydrogens is 216 g/mol. The molecule has 0 aromatic heterocycles. The molecule has 0 aliphatic carbocycles. The first-order chi connectivity index (χ1) is 5.79. The number of benzene rings is 1. The highest BCUT2D eigenvalue weighted by Gasteiger charge is 2.14. The van der Waals surface area contributed by atoms with Gasteiger partial charge in [0.1, 0.15) is 0 Å². The van der Waals surface area contributed by atoms with Crippen molar-refractivity contribution >= 4 is 21.6 Å². The molecule has 1 aromatic rings. The summed E-state index contributed by atoms with van der Waals surface area (Å²) < 4.78 is 1.16. The lowest BCUT2D eigenvalue weighted by Crippen LogP contribution is -2.40. The molecule has 1 N–H and O–H groups in total. The molecule has 0 atom stereocenters. The van der Waals surface area contributed by atoms with Gasteiger partial charge in [0.05, 0.1) is 5.69 Å². The first-order valence-corrected chi connectivity index (χ1v) is 4.83. The summed E-state index contributed by atoms with van der Waals surface area (Å²) >= 11 is 3.54. The molecule has 1 heterocycles. The molecule has 2 rings (SSSR count). The topological polar surface area (TPSA) is 15.3 Å². The molecule has 12 heavy (non-hydrogen) atoms.